The molecule has 0 radical (unpaired) electrons. The van der Waals surface area contributed by atoms with Crippen LogP contribution in [0.1, 0.15) is 79.6 Å². The fourth-order valence-corrected chi connectivity index (χ4v) is 3.54. The molecule has 0 aromatic carbocycles. The predicted molar refractivity (Wildman–Crippen MR) is 103 cm³/mol. The van der Waals surface area contributed by atoms with Crippen LogP contribution in [0.2, 0.25) is 0 Å². The van der Waals surface area contributed by atoms with Crippen molar-refractivity contribution in [2.75, 3.05) is 6.61 Å². The lowest BCUT2D eigenvalue weighted by Gasteiger charge is -2.34. The molecule has 6 heteroatoms. The normalized spacial score (nSPS) is 21.8. The average Bonchev–Trinajstić information content (AvgIpc) is 3.38. The number of hydrogen-bond acceptors (Lipinski definition) is 5. The predicted octanol–water partition coefficient (Wildman–Crippen LogP) is 4.21. The van der Waals surface area contributed by atoms with Gasteiger partial charge in [0.2, 0.25) is 0 Å². The third kappa shape index (κ3) is 8.08. The van der Waals surface area contributed by atoms with Crippen molar-refractivity contribution in [2.45, 2.75) is 103 Å². The molecule has 2 fully saturated rings. The van der Waals surface area contributed by atoms with E-state index in [9.17, 15) is 9.59 Å². The Morgan fingerprint density at radius 2 is 1.67 bits per heavy atom. The lowest BCUT2D eigenvalue weighted by Crippen LogP contribution is -2.45. The average molecular weight is 384 g/mol. The van der Waals surface area contributed by atoms with Gasteiger partial charge in [-0.1, -0.05) is 19.3 Å². The van der Waals surface area contributed by atoms with E-state index >= 15 is 0 Å². The molecule has 1 amide bonds. The third-order valence-electron chi connectivity index (χ3n) is 5.19. The minimum atomic E-state index is -0.766. The Labute approximate surface area is 163 Å². The Morgan fingerprint density at radius 1 is 1.04 bits per heavy atom. The summed E-state index contributed by atoms with van der Waals surface area (Å²) in [4.78, 5) is 24.3. The van der Waals surface area contributed by atoms with Crippen LogP contribution in [0.4, 0.5) is 4.79 Å². The zero-order chi connectivity index (χ0) is 20.0. The summed E-state index contributed by atoms with van der Waals surface area (Å²) >= 11 is 0. The van der Waals surface area contributed by atoms with Gasteiger partial charge >= 0.3 is 12.1 Å². The molecule has 0 saturated heterocycles. The van der Waals surface area contributed by atoms with Crippen LogP contribution < -0.4 is 5.32 Å². The van der Waals surface area contributed by atoms with Gasteiger partial charge in [0.05, 0.1) is 6.10 Å². The molecule has 2 aliphatic carbocycles. The van der Waals surface area contributed by atoms with Crippen molar-refractivity contribution in [1.29, 1.82) is 0 Å². The van der Waals surface area contributed by atoms with E-state index < -0.39 is 23.7 Å². The molecule has 2 aliphatic rings. The van der Waals surface area contributed by atoms with E-state index in [4.69, 9.17) is 14.2 Å². The van der Waals surface area contributed by atoms with Gasteiger partial charge in [-0.05, 0) is 72.1 Å². The van der Waals surface area contributed by atoms with Crippen LogP contribution in [0.25, 0.3) is 0 Å². The van der Waals surface area contributed by atoms with Crippen LogP contribution in [0.15, 0.2) is 0 Å². The van der Waals surface area contributed by atoms with E-state index in [0.717, 1.165) is 19.4 Å². The molecule has 2 saturated carbocycles. The van der Waals surface area contributed by atoms with Crippen LogP contribution >= 0.6 is 0 Å². The fourth-order valence-electron chi connectivity index (χ4n) is 3.54. The molecule has 0 bridgehead atoms. The number of ether oxygens (including phenoxy) is 3. The number of carbonyl (C=O) groups is 2. The van der Waals surface area contributed by atoms with Gasteiger partial charge < -0.3 is 19.5 Å². The second kappa shape index (κ2) is 9.76. The van der Waals surface area contributed by atoms with Gasteiger partial charge in [-0.3, -0.25) is 0 Å². The molecule has 0 aromatic heterocycles. The zero-order valence-corrected chi connectivity index (χ0v) is 17.6. The molecular formula is C21H37NO5. The van der Waals surface area contributed by atoms with Crippen LogP contribution in [-0.4, -0.2) is 42.5 Å². The molecule has 0 unspecified atom stereocenters. The summed E-state index contributed by atoms with van der Waals surface area (Å²) in [6.07, 6.45) is 7.42. The molecule has 0 spiro atoms. The second-order valence-electron chi connectivity index (χ2n) is 9.15. The molecule has 6 nitrogen and oxygen atoms in total. The maximum absolute atomic E-state index is 12.4. The fraction of sp³-hybridized carbons (Fsp3) is 0.905. The summed E-state index contributed by atoms with van der Waals surface area (Å²) in [5, 5.41) is 2.54. The van der Waals surface area contributed by atoms with Gasteiger partial charge in [-0.2, -0.15) is 0 Å². The van der Waals surface area contributed by atoms with Crippen molar-refractivity contribution in [3.63, 3.8) is 0 Å². The highest BCUT2D eigenvalue weighted by molar-refractivity contribution is 5.81. The molecule has 3 atom stereocenters. The topological polar surface area (TPSA) is 73.9 Å². The number of hydrogen-bond donors (Lipinski definition) is 1. The first kappa shape index (κ1) is 22.0. The Balaban J connectivity index is 1.86. The highest BCUT2D eigenvalue weighted by Crippen LogP contribution is 2.34. The Bertz CT molecular complexity index is 491. The number of carbonyl (C=O) groups excluding carboxylic acids is 2. The summed E-state index contributed by atoms with van der Waals surface area (Å²) in [5.74, 6) is 0.658. The van der Waals surface area contributed by atoms with E-state index in [0.29, 0.717) is 11.8 Å². The van der Waals surface area contributed by atoms with Crippen molar-refractivity contribution in [1.82, 2.24) is 5.32 Å². The summed E-state index contributed by atoms with van der Waals surface area (Å²) < 4.78 is 17.1. The largest absolute Gasteiger partial charge is 0.458 e. The highest BCUT2D eigenvalue weighted by atomic mass is 16.6. The number of esters is 1. The van der Waals surface area contributed by atoms with E-state index in [1.54, 1.807) is 27.7 Å². The summed E-state index contributed by atoms with van der Waals surface area (Å²) in [6, 6.07) is -0.766. The number of rotatable bonds is 8. The molecular weight excluding hydrogens is 346 g/mol. The minimum Gasteiger partial charge on any atom is -0.458 e. The van der Waals surface area contributed by atoms with Gasteiger partial charge in [-0.15, -0.1) is 0 Å². The molecule has 0 heterocycles. The quantitative estimate of drug-likeness (QED) is 0.636. The lowest BCUT2D eigenvalue weighted by atomic mass is 9.83. The number of nitrogens with one attached hydrogen (secondary N) is 1. The zero-order valence-electron chi connectivity index (χ0n) is 17.6. The Morgan fingerprint density at radius 3 is 2.22 bits per heavy atom. The maximum Gasteiger partial charge on any atom is 0.408 e. The van der Waals surface area contributed by atoms with Gasteiger partial charge in [-0.25, -0.2) is 9.59 Å². The van der Waals surface area contributed by atoms with Gasteiger partial charge in [0.15, 0.2) is 0 Å². The van der Waals surface area contributed by atoms with Crippen molar-refractivity contribution in [2.24, 2.45) is 11.8 Å². The van der Waals surface area contributed by atoms with Crippen LogP contribution in [0.3, 0.4) is 0 Å². The van der Waals surface area contributed by atoms with Crippen molar-refractivity contribution >= 4 is 12.1 Å². The standard InChI is InChI=1S/C21H37NO5/c1-14(22-20(24)27-21(3,4)5)19(23)26-15(2)18(25-13-16-11-12-16)17-9-7-6-8-10-17/h14-18H,6-13H2,1-5H3,(H,22,24)/t14-,15-,18-/m0/s1. The first-order valence-electron chi connectivity index (χ1n) is 10.5. The smallest absolute Gasteiger partial charge is 0.408 e. The molecule has 1 N–H and O–H groups in total. The summed E-state index contributed by atoms with van der Waals surface area (Å²) in [7, 11) is 0. The molecule has 2 rings (SSSR count). The summed E-state index contributed by atoms with van der Waals surface area (Å²) in [5.41, 5.74) is -0.607. The van der Waals surface area contributed by atoms with Crippen molar-refractivity contribution in [3.05, 3.63) is 0 Å². The number of alkyl carbamates (subject to hydrolysis) is 1. The van der Waals surface area contributed by atoms with Crippen LogP contribution in [-0.2, 0) is 19.0 Å². The first-order valence-corrected chi connectivity index (χ1v) is 10.5. The number of amides is 1. The molecule has 156 valence electrons. The third-order valence-corrected chi connectivity index (χ3v) is 5.19. The summed E-state index contributed by atoms with van der Waals surface area (Å²) in [6.45, 7) is 9.62. The molecule has 0 aromatic rings. The van der Waals surface area contributed by atoms with Gasteiger partial charge in [0.25, 0.3) is 0 Å². The van der Waals surface area contributed by atoms with Gasteiger partial charge in [0.1, 0.15) is 17.7 Å². The maximum atomic E-state index is 12.4. The van der Waals surface area contributed by atoms with E-state index in [1.807, 2.05) is 6.92 Å². The van der Waals surface area contributed by atoms with Crippen molar-refractivity contribution in [3.8, 4) is 0 Å². The van der Waals surface area contributed by atoms with Crippen molar-refractivity contribution < 1.29 is 23.8 Å². The van der Waals surface area contributed by atoms with E-state index in [1.165, 1.54) is 32.1 Å². The van der Waals surface area contributed by atoms with E-state index in [2.05, 4.69) is 5.32 Å². The molecule has 0 aliphatic heterocycles. The minimum absolute atomic E-state index is 0.0661. The highest BCUT2D eigenvalue weighted by Gasteiger charge is 2.34. The van der Waals surface area contributed by atoms with Crippen LogP contribution in [0.5, 0.6) is 0 Å². The monoisotopic (exact) mass is 383 g/mol. The SMILES string of the molecule is C[C@H](NC(=O)OC(C)(C)C)C(=O)O[C@@H](C)[C@H](OCC1CC1)C1CCCCC1. The molecule has 27 heavy (non-hydrogen) atoms. The Kier molecular flexibility index (Phi) is 7.95. The Hall–Kier alpha value is -1.30. The second-order valence-corrected chi connectivity index (χ2v) is 9.15. The van der Waals surface area contributed by atoms with E-state index in [-0.39, 0.29) is 12.2 Å². The first-order chi connectivity index (χ1) is 12.7. The lowest BCUT2D eigenvalue weighted by molar-refractivity contribution is -0.162. The van der Waals surface area contributed by atoms with Crippen LogP contribution in [0, 0.1) is 11.8 Å². The van der Waals surface area contributed by atoms with Gasteiger partial charge in [0, 0.05) is 6.61 Å².